The first-order valence-corrected chi connectivity index (χ1v) is 6.60. The second kappa shape index (κ2) is 6.46. The van der Waals surface area contributed by atoms with Crippen LogP contribution in [0.4, 0.5) is 0 Å². The number of morpholine rings is 1. The maximum absolute atomic E-state index is 12.1. The number of Topliss-reactive ketones (excluding diaryl/α,β-unsaturated/α-hetero) is 1. The molecular weight excluding hydrogens is 240 g/mol. The molecule has 4 heteroatoms. The lowest BCUT2D eigenvalue weighted by Crippen LogP contribution is -2.44. The van der Waals surface area contributed by atoms with E-state index in [1.165, 1.54) is 0 Å². The molecule has 19 heavy (non-hydrogen) atoms. The van der Waals surface area contributed by atoms with Gasteiger partial charge in [0, 0.05) is 18.7 Å². The number of carbonyl (C=O) groups is 1. The number of rotatable bonds is 4. The van der Waals surface area contributed by atoms with E-state index in [-0.39, 0.29) is 11.9 Å². The molecular formula is C15H18N2O2. The number of ketones is 1. The second-order valence-electron chi connectivity index (χ2n) is 4.75. The summed E-state index contributed by atoms with van der Waals surface area (Å²) in [7, 11) is 0. The van der Waals surface area contributed by atoms with E-state index in [2.05, 4.69) is 11.8 Å². The fourth-order valence-electron chi connectivity index (χ4n) is 2.20. The molecule has 100 valence electrons. The predicted octanol–water partition coefficient (Wildman–Crippen LogP) is 1.85. The number of hydrogen-bond acceptors (Lipinski definition) is 4. The highest BCUT2D eigenvalue weighted by Gasteiger charge is 2.21. The molecule has 0 amide bonds. The van der Waals surface area contributed by atoms with E-state index in [0.717, 1.165) is 19.5 Å². The van der Waals surface area contributed by atoms with Crippen molar-refractivity contribution < 1.29 is 9.53 Å². The van der Waals surface area contributed by atoms with Crippen molar-refractivity contribution in [3.63, 3.8) is 0 Å². The van der Waals surface area contributed by atoms with Crippen molar-refractivity contribution in [3.8, 4) is 6.07 Å². The number of ether oxygens (including phenoxy) is 1. The van der Waals surface area contributed by atoms with Gasteiger partial charge in [0.2, 0.25) is 0 Å². The SMILES string of the molecule is CCC1CN(CC(=O)c2ccc(C#N)cc2)CCO1. The van der Waals surface area contributed by atoms with Crippen LogP contribution in [0, 0.1) is 11.3 Å². The summed E-state index contributed by atoms with van der Waals surface area (Å²) in [5.74, 6) is 0.0984. The Morgan fingerprint density at radius 3 is 2.84 bits per heavy atom. The summed E-state index contributed by atoms with van der Waals surface area (Å²) in [6.07, 6.45) is 1.21. The van der Waals surface area contributed by atoms with Gasteiger partial charge < -0.3 is 4.74 Å². The third kappa shape index (κ3) is 3.63. The smallest absolute Gasteiger partial charge is 0.176 e. The molecule has 0 aromatic heterocycles. The zero-order chi connectivity index (χ0) is 13.7. The van der Waals surface area contributed by atoms with Crippen molar-refractivity contribution in [1.29, 1.82) is 5.26 Å². The molecule has 0 aliphatic carbocycles. The monoisotopic (exact) mass is 258 g/mol. The van der Waals surface area contributed by atoms with Gasteiger partial charge in [-0.3, -0.25) is 9.69 Å². The molecule has 0 bridgehead atoms. The average molecular weight is 258 g/mol. The minimum atomic E-state index is 0.0984. The summed E-state index contributed by atoms with van der Waals surface area (Å²) in [4.78, 5) is 14.3. The van der Waals surface area contributed by atoms with Crippen molar-refractivity contribution in [2.24, 2.45) is 0 Å². The Labute approximate surface area is 113 Å². The zero-order valence-corrected chi connectivity index (χ0v) is 11.1. The molecule has 1 aliphatic heterocycles. The van der Waals surface area contributed by atoms with Crippen LogP contribution in [-0.2, 0) is 4.74 Å². The number of hydrogen-bond donors (Lipinski definition) is 0. The van der Waals surface area contributed by atoms with Crippen LogP contribution in [0.1, 0.15) is 29.3 Å². The maximum atomic E-state index is 12.1. The fraction of sp³-hybridized carbons (Fsp3) is 0.467. The molecule has 1 unspecified atom stereocenters. The van der Waals surface area contributed by atoms with Gasteiger partial charge in [0.05, 0.1) is 30.9 Å². The molecule has 0 N–H and O–H groups in total. The third-order valence-corrected chi connectivity index (χ3v) is 3.38. The summed E-state index contributed by atoms with van der Waals surface area (Å²) in [6.45, 7) is 4.83. The van der Waals surface area contributed by atoms with E-state index in [9.17, 15) is 4.79 Å². The minimum absolute atomic E-state index is 0.0984. The molecule has 1 aromatic carbocycles. The zero-order valence-electron chi connectivity index (χ0n) is 11.1. The molecule has 1 atom stereocenters. The summed E-state index contributed by atoms with van der Waals surface area (Å²) in [5, 5.41) is 8.73. The van der Waals surface area contributed by atoms with Gasteiger partial charge in [-0.05, 0) is 18.6 Å². The van der Waals surface area contributed by atoms with Crippen LogP contribution in [-0.4, -0.2) is 43.0 Å². The second-order valence-corrected chi connectivity index (χ2v) is 4.75. The molecule has 2 rings (SSSR count). The molecule has 1 heterocycles. The van der Waals surface area contributed by atoms with Gasteiger partial charge in [-0.2, -0.15) is 5.26 Å². The largest absolute Gasteiger partial charge is 0.376 e. The highest BCUT2D eigenvalue weighted by atomic mass is 16.5. The lowest BCUT2D eigenvalue weighted by molar-refractivity contribution is -0.0271. The molecule has 1 fully saturated rings. The van der Waals surface area contributed by atoms with Crippen LogP contribution in [0.25, 0.3) is 0 Å². The third-order valence-electron chi connectivity index (χ3n) is 3.38. The Morgan fingerprint density at radius 2 is 2.21 bits per heavy atom. The number of carbonyl (C=O) groups excluding carboxylic acids is 1. The van der Waals surface area contributed by atoms with E-state index in [0.29, 0.717) is 24.3 Å². The fourth-order valence-corrected chi connectivity index (χ4v) is 2.20. The van der Waals surface area contributed by atoms with Crippen LogP contribution in [0.15, 0.2) is 24.3 Å². The first kappa shape index (κ1) is 13.7. The summed E-state index contributed by atoms with van der Waals surface area (Å²) < 4.78 is 5.59. The normalized spacial score (nSPS) is 19.9. The van der Waals surface area contributed by atoms with E-state index in [1.807, 2.05) is 6.07 Å². The minimum Gasteiger partial charge on any atom is -0.376 e. The van der Waals surface area contributed by atoms with Gasteiger partial charge in [-0.1, -0.05) is 19.1 Å². The first-order valence-electron chi connectivity index (χ1n) is 6.60. The van der Waals surface area contributed by atoms with Crippen molar-refractivity contribution in [2.45, 2.75) is 19.4 Å². The highest BCUT2D eigenvalue weighted by Crippen LogP contribution is 2.10. The number of nitriles is 1. The summed E-state index contributed by atoms with van der Waals surface area (Å²) in [6, 6.07) is 8.86. The first-order chi connectivity index (χ1) is 9.22. The number of benzene rings is 1. The Hall–Kier alpha value is -1.70. The Kier molecular flexibility index (Phi) is 4.67. The molecule has 1 aliphatic rings. The quantitative estimate of drug-likeness (QED) is 0.773. The van der Waals surface area contributed by atoms with Gasteiger partial charge in [0.15, 0.2) is 5.78 Å². The lowest BCUT2D eigenvalue weighted by Gasteiger charge is -2.31. The number of nitrogens with zero attached hydrogens (tertiary/aromatic N) is 2. The predicted molar refractivity (Wildman–Crippen MR) is 72.0 cm³/mol. The lowest BCUT2D eigenvalue weighted by atomic mass is 10.1. The molecule has 0 saturated carbocycles. The van der Waals surface area contributed by atoms with Crippen LogP contribution in [0.5, 0.6) is 0 Å². The van der Waals surface area contributed by atoms with Crippen molar-refractivity contribution in [1.82, 2.24) is 4.90 Å². The molecule has 1 saturated heterocycles. The van der Waals surface area contributed by atoms with Gasteiger partial charge in [-0.25, -0.2) is 0 Å². The Morgan fingerprint density at radius 1 is 1.47 bits per heavy atom. The van der Waals surface area contributed by atoms with Gasteiger partial charge in [-0.15, -0.1) is 0 Å². The molecule has 0 radical (unpaired) electrons. The standard InChI is InChI=1S/C15H18N2O2/c1-2-14-10-17(7-8-19-14)11-15(18)13-5-3-12(9-16)4-6-13/h3-6,14H,2,7-8,10-11H2,1H3. The van der Waals surface area contributed by atoms with Crippen molar-refractivity contribution in [2.75, 3.05) is 26.2 Å². The van der Waals surface area contributed by atoms with Crippen LogP contribution in [0.3, 0.4) is 0 Å². The summed E-state index contributed by atoms with van der Waals surface area (Å²) >= 11 is 0. The van der Waals surface area contributed by atoms with E-state index in [4.69, 9.17) is 10.00 Å². The Bertz CT molecular complexity index is 476. The van der Waals surface area contributed by atoms with Gasteiger partial charge in [0.1, 0.15) is 0 Å². The topological polar surface area (TPSA) is 53.3 Å². The molecule has 0 spiro atoms. The highest BCUT2D eigenvalue weighted by molar-refractivity contribution is 5.97. The van der Waals surface area contributed by atoms with Crippen molar-refractivity contribution in [3.05, 3.63) is 35.4 Å². The average Bonchev–Trinajstić information content (AvgIpc) is 2.47. The van der Waals surface area contributed by atoms with Crippen LogP contribution in [0.2, 0.25) is 0 Å². The van der Waals surface area contributed by atoms with Gasteiger partial charge in [0.25, 0.3) is 0 Å². The van der Waals surface area contributed by atoms with Crippen LogP contribution < -0.4 is 0 Å². The van der Waals surface area contributed by atoms with Crippen molar-refractivity contribution >= 4 is 5.78 Å². The van der Waals surface area contributed by atoms with E-state index in [1.54, 1.807) is 24.3 Å². The van der Waals surface area contributed by atoms with Gasteiger partial charge >= 0.3 is 0 Å². The Balaban J connectivity index is 1.94. The molecule has 1 aromatic rings. The van der Waals surface area contributed by atoms with E-state index >= 15 is 0 Å². The molecule has 4 nitrogen and oxygen atoms in total. The maximum Gasteiger partial charge on any atom is 0.176 e. The van der Waals surface area contributed by atoms with Crippen LogP contribution >= 0.6 is 0 Å². The van der Waals surface area contributed by atoms with E-state index < -0.39 is 0 Å². The summed E-state index contributed by atoms with van der Waals surface area (Å²) in [5.41, 5.74) is 1.24.